The van der Waals surface area contributed by atoms with Crippen molar-refractivity contribution in [2.24, 2.45) is 5.92 Å². The number of nitrogens with zero attached hydrogens (tertiary/aromatic N) is 1. The second-order valence-electron chi connectivity index (χ2n) is 10.8. The van der Waals surface area contributed by atoms with Crippen LogP contribution >= 0.6 is 12.4 Å². The van der Waals surface area contributed by atoms with Crippen LogP contribution in [0.1, 0.15) is 78.2 Å². The van der Waals surface area contributed by atoms with Gasteiger partial charge in [-0.3, -0.25) is 4.79 Å². The van der Waals surface area contributed by atoms with Crippen molar-refractivity contribution in [3.63, 3.8) is 0 Å². The molecule has 0 spiro atoms. The number of nitrogens with one attached hydrogen (secondary N) is 1. The summed E-state index contributed by atoms with van der Waals surface area (Å²) in [6, 6.07) is 5.90. The summed E-state index contributed by atoms with van der Waals surface area (Å²) in [4.78, 5) is 25.5. The summed E-state index contributed by atoms with van der Waals surface area (Å²) in [5.74, 6) is 0.0333. The zero-order valence-corrected chi connectivity index (χ0v) is 24.7. The van der Waals surface area contributed by atoms with Gasteiger partial charge in [0.2, 0.25) is 10.0 Å². The lowest BCUT2D eigenvalue weighted by atomic mass is 9.92. The van der Waals surface area contributed by atoms with Crippen molar-refractivity contribution in [2.45, 2.75) is 90.7 Å². The number of ether oxygens (including phenoxy) is 2. The smallest absolute Gasteiger partial charge is 0.410 e. The summed E-state index contributed by atoms with van der Waals surface area (Å²) in [7, 11) is -3.63. The van der Waals surface area contributed by atoms with E-state index in [2.05, 4.69) is 4.72 Å². The van der Waals surface area contributed by atoms with Crippen molar-refractivity contribution < 1.29 is 32.6 Å². The number of carbonyl (C=O) groups is 2. The number of benzene rings is 1. The standard InChI is InChI=1S/C27H44N2O7S.ClH/c1-5-6-19-37(33,34)28-24(25(30)31)20-22-10-12-23(13-11-22)35-18-8-7-9-21-14-16-29(17-15-21)26(32)36-27(2,3)4;/h10-13,21,24,28H,5-9,14-20H2,1-4H3,(H,30,31);1H. The molecule has 1 aliphatic rings. The highest BCUT2D eigenvalue weighted by atomic mass is 35.5. The highest BCUT2D eigenvalue weighted by molar-refractivity contribution is 7.89. The molecular weight excluding hydrogens is 532 g/mol. The third-order valence-electron chi connectivity index (χ3n) is 6.29. The van der Waals surface area contributed by atoms with Crippen molar-refractivity contribution >= 4 is 34.5 Å². The lowest BCUT2D eigenvalue weighted by Gasteiger charge is -2.33. The molecule has 1 amide bonds. The van der Waals surface area contributed by atoms with Gasteiger partial charge in [-0.2, -0.15) is 0 Å². The molecule has 1 unspecified atom stereocenters. The molecule has 218 valence electrons. The van der Waals surface area contributed by atoms with Crippen LogP contribution in [-0.4, -0.2) is 67.6 Å². The summed E-state index contributed by atoms with van der Waals surface area (Å²) in [5, 5.41) is 9.44. The Morgan fingerprint density at radius 2 is 1.74 bits per heavy atom. The van der Waals surface area contributed by atoms with Crippen molar-refractivity contribution in [2.75, 3.05) is 25.4 Å². The summed E-state index contributed by atoms with van der Waals surface area (Å²) in [6.45, 7) is 9.59. The van der Waals surface area contributed by atoms with E-state index in [1.54, 1.807) is 29.2 Å². The van der Waals surface area contributed by atoms with E-state index in [0.717, 1.165) is 57.2 Å². The maximum absolute atomic E-state index is 12.2. The Morgan fingerprint density at radius 1 is 1.11 bits per heavy atom. The van der Waals surface area contributed by atoms with Gasteiger partial charge in [-0.1, -0.05) is 31.9 Å². The van der Waals surface area contributed by atoms with E-state index >= 15 is 0 Å². The second-order valence-corrected chi connectivity index (χ2v) is 12.7. The van der Waals surface area contributed by atoms with Crippen molar-refractivity contribution in [1.82, 2.24) is 9.62 Å². The van der Waals surface area contributed by atoms with Crippen LogP contribution in [0.2, 0.25) is 0 Å². The average Bonchev–Trinajstić information content (AvgIpc) is 2.82. The van der Waals surface area contributed by atoms with Crippen molar-refractivity contribution in [3.05, 3.63) is 29.8 Å². The third-order valence-corrected chi connectivity index (χ3v) is 7.76. The minimum Gasteiger partial charge on any atom is -0.494 e. The van der Waals surface area contributed by atoms with Gasteiger partial charge >= 0.3 is 12.1 Å². The lowest BCUT2D eigenvalue weighted by Crippen LogP contribution is -2.43. The summed E-state index contributed by atoms with van der Waals surface area (Å²) in [5.41, 5.74) is 0.249. The molecular formula is C27H45ClN2O7S. The average molecular weight is 577 g/mol. The van der Waals surface area contributed by atoms with Gasteiger partial charge in [-0.25, -0.2) is 17.9 Å². The van der Waals surface area contributed by atoms with Crippen molar-refractivity contribution in [1.29, 1.82) is 0 Å². The summed E-state index contributed by atoms with van der Waals surface area (Å²) >= 11 is 0. The number of hydrogen-bond donors (Lipinski definition) is 2. The van der Waals surface area contributed by atoms with Gasteiger partial charge in [0.15, 0.2) is 0 Å². The van der Waals surface area contributed by atoms with Gasteiger partial charge in [0.25, 0.3) is 0 Å². The van der Waals surface area contributed by atoms with E-state index in [0.29, 0.717) is 24.7 Å². The normalized spacial score (nSPS) is 15.4. The number of piperidine rings is 1. The molecule has 1 atom stereocenters. The predicted molar refractivity (Wildman–Crippen MR) is 151 cm³/mol. The third kappa shape index (κ3) is 13.2. The van der Waals surface area contributed by atoms with Gasteiger partial charge in [-0.15, -0.1) is 12.4 Å². The Hall–Kier alpha value is -2.04. The van der Waals surface area contributed by atoms with E-state index in [1.165, 1.54) is 0 Å². The fraction of sp³-hybridized carbons (Fsp3) is 0.704. The number of amides is 1. The number of halogens is 1. The van der Waals surface area contributed by atoms with Gasteiger partial charge in [0, 0.05) is 13.1 Å². The fourth-order valence-corrected chi connectivity index (χ4v) is 5.61. The Bertz CT molecular complexity index is 957. The van der Waals surface area contributed by atoms with Crippen LogP contribution in [0.15, 0.2) is 24.3 Å². The molecule has 1 aliphatic heterocycles. The minimum absolute atomic E-state index is 0. The fourth-order valence-electron chi connectivity index (χ4n) is 4.20. The molecule has 2 rings (SSSR count). The Kier molecular flexibility index (Phi) is 14.4. The number of hydrogen-bond acceptors (Lipinski definition) is 6. The first-order valence-electron chi connectivity index (χ1n) is 13.3. The largest absolute Gasteiger partial charge is 0.494 e. The van der Waals surface area contributed by atoms with Crippen LogP contribution in [0.3, 0.4) is 0 Å². The maximum Gasteiger partial charge on any atom is 0.410 e. The number of carboxylic acids is 1. The Labute approximate surface area is 234 Å². The molecule has 11 heteroatoms. The minimum atomic E-state index is -3.63. The Balaban J connectivity index is 0.00000722. The molecule has 0 radical (unpaired) electrons. The van der Waals surface area contributed by atoms with E-state index in [9.17, 15) is 23.1 Å². The number of rotatable bonds is 14. The highest BCUT2D eigenvalue weighted by Crippen LogP contribution is 2.24. The molecule has 1 aromatic carbocycles. The molecule has 38 heavy (non-hydrogen) atoms. The van der Waals surface area contributed by atoms with Crippen LogP contribution < -0.4 is 9.46 Å². The van der Waals surface area contributed by atoms with Gasteiger partial charge in [0.05, 0.1) is 12.4 Å². The zero-order chi connectivity index (χ0) is 27.5. The van der Waals surface area contributed by atoms with Gasteiger partial charge in [0.1, 0.15) is 17.4 Å². The van der Waals surface area contributed by atoms with Crippen molar-refractivity contribution in [3.8, 4) is 5.75 Å². The number of unbranched alkanes of at least 4 members (excludes halogenated alkanes) is 2. The molecule has 0 saturated carbocycles. The van der Waals surface area contributed by atoms with E-state index < -0.39 is 27.6 Å². The number of aliphatic carboxylic acids is 1. The van der Waals surface area contributed by atoms with Gasteiger partial charge < -0.3 is 19.5 Å². The number of carboxylic acid groups (broad SMARTS) is 1. The molecule has 0 aromatic heterocycles. The second kappa shape index (κ2) is 16.2. The molecule has 1 saturated heterocycles. The first kappa shape index (κ1) is 34.0. The predicted octanol–water partition coefficient (Wildman–Crippen LogP) is 5.02. The topological polar surface area (TPSA) is 122 Å². The van der Waals surface area contributed by atoms with Gasteiger partial charge in [-0.05, 0) is 82.9 Å². The van der Waals surface area contributed by atoms with Crippen LogP contribution in [-0.2, 0) is 26.0 Å². The van der Waals surface area contributed by atoms with Crippen LogP contribution in [0, 0.1) is 5.92 Å². The van der Waals surface area contributed by atoms with Crippen LogP contribution in [0.5, 0.6) is 5.75 Å². The molecule has 1 aromatic rings. The lowest BCUT2D eigenvalue weighted by molar-refractivity contribution is -0.138. The first-order valence-corrected chi connectivity index (χ1v) is 15.0. The number of carbonyl (C=O) groups excluding carboxylic acids is 1. The molecule has 9 nitrogen and oxygen atoms in total. The maximum atomic E-state index is 12.2. The van der Waals surface area contributed by atoms with Crippen LogP contribution in [0.4, 0.5) is 4.79 Å². The SMILES string of the molecule is CCCCS(=O)(=O)NC(Cc1ccc(OCCCCC2CCN(C(=O)OC(C)(C)C)CC2)cc1)C(=O)O.Cl. The molecule has 1 heterocycles. The van der Waals surface area contributed by atoms with E-state index in [-0.39, 0.29) is 30.7 Å². The van der Waals surface area contributed by atoms with E-state index in [1.807, 2.05) is 27.7 Å². The number of likely N-dealkylation sites (tertiary alicyclic amines) is 1. The molecule has 0 bridgehead atoms. The summed E-state index contributed by atoms with van der Waals surface area (Å²) in [6.07, 6.45) is 6.11. The Morgan fingerprint density at radius 3 is 2.29 bits per heavy atom. The monoisotopic (exact) mass is 576 g/mol. The highest BCUT2D eigenvalue weighted by Gasteiger charge is 2.27. The molecule has 0 aliphatic carbocycles. The summed E-state index contributed by atoms with van der Waals surface area (Å²) < 4.78 is 37.8. The molecule has 1 fully saturated rings. The number of sulfonamides is 1. The zero-order valence-electron chi connectivity index (χ0n) is 23.1. The van der Waals surface area contributed by atoms with E-state index in [4.69, 9.17) is 9.47 Å². The first-order chi connectivity index (χ1) is 17.4. The van der Waals surface area contributed by atoms with Crippen LogP contribution in [0.25, 0.3) is 0 Å². The quantitative estimate of drug-likeness (QED) is 0.298. The molecule has 2 N–H and O–H groups in total.